The van der Waals surface area contributed by atoms with Crippen LogP contribution in [0.4, 0.5) is 0 Å². The van der Waals surface area contributed by atoms with Gasteiger partial charge in [0.15, 0.2) is 0 Å². The minimum Gasteiger partial charge on any atom is -0.472 e. The highest BCUT2D eigenvalue weighted by molar-refractivity contribution is 5.94. The van der Waals surface area contributed by atoms with Crippen molar-refractivity contribution < 1.29 is 14.0 Å². The Kier molecular flexibility index (Phi) is 6.59. The van der Waals surface area contributed by atoms with E-state index in [4.69, 9.17) is 4.42 Å². The third-order valence-electron chi connectivity index (χ3n) is 4.85. The maximum Gasteiger partial charge on any atom is 0.254 e. The van der Waals surface area contributed by atoms with Gasteiger partial charge in [-0.3, -0.25) is 14.6 Å². The summed E-state index contributed by atoms with van der Waals surface area (Å²) in [4.78, 5) is 31.0. The fourth-order valence-corrected chi connectivity index (χ4v) is 3.43. The molecule has 1 saturated heterocycles. The van der Waals surface area contributed by atoms with Gasteiger partial charge in [-0.1, -0.05) is 6.07 Å². The molecule has 0 unspecified atom stereocenters. The number of likely N-dealkylation sites (tertiary alicyclic amines) is 1. The maximum absolute atomic E-state index is 12.5. The van der Waals surface area contributed by atoms with Crippen molar-refractivity contribution in [2.45, 2.75) is 25.3 Å². The molecule has 2 atom stereocenters. The molecule has 144 valence electrons. The Hall–Kier alpha value is -2.67. The predicted octanol–water partition coefficient (Wildman–Crippen LogP) is 1.47. The van der Waals surface area contributed by atoms with Gasteiger partial charge >= 0.3 is 0 Å². The highest BCUT2D eigenvalue weighted by Crippen LogP contribution is 2.17. The van der Waals surface area contributed by atoms with Crippen LogP contribution in [0.2, 0.25) is 0 Å². The number of pyridine rings is 1. The van der Waals surface area contributed by atoms with Crippen molar-refractivity contribution >= 4 is 11.8 Å². The molecule has 3 heterocycles. The van der Waals surface area contributed by atoms with Gasteiger partial charge in [-0.2, -0.15) is 0 Å². The molecular weight excluding hydrogens is 344 g/mol. The summed E-state index contributed by atoms with van der Waals surface area (Å²) < 4.78 is 4.96. The molecule has 1 aliphatic heterocycles. The normalized spacial score (nSPS) is 20.6. The molecular formula is C20H26N4O3. The lowest BCUT2D eigenvalue weighted by Crippen LogP contribution is -2.42. The van der Waals surface area contributed by atoms with Gasteiger partial charge in [0.1, 0.15) is 6.26 Å². The molecule has 0 radical (unpaired) electrons. The monoisotopic (exact) mass is 370 g/mol. The van der Waals surface area contributed by atoms with Gasteiger partial charge in [0.05, 0.1) is 17.7 Å². The number of carbonyl (C=O) groups is 2. The quantitative estimate of drug-likeness (QED) is 0.804. The molecule has 2 aromatic rings. The van der Waals surface area contributed by atoms with Crippen LogP contribution in [0.15, 0.2) is 47.5 Å². The number of likely N-dealkylation sites (N-methyl/N-ethyl adjacent to an activating group) is 1. The van der Waals surface area contributed by atoms with Gasteiger partial charge in [-0.25, -0.2) is 0 Å². The van der Waals surface area contributed by atoms with Gasteiger partial charge in [0, 0.05) is 38.1 Å². The smallest absolute Gasteiger partial charge is 0.254 e. The van der Waals surface area contributed by atoms with Crippen molar-refractivity contribution in [1.82, 2.24) is 20.5 Å². The summed E-state index contributed by atoms with van der Waals surface area (Å²) in [6, 6.07) is 5.57. The van der Waals surface area contributed by atoms with E-state index in [1.54, 1.807) is 12.3 Å². The van der Waals surface area contributed by atoms with E-state index in [9.17, 15) is 9.59 Å². The molecule has 7 heteroatoms. The highest BCUT2D eigenvalue weighted by Gasteiger charge is 2.27. The third-order valence-corrected chi connectivity index (χ3v) is 4.85. The van der Waals surface area contributed by atoms with E-state index in [0.29, 0.717) is 18.7 Å². The van der Waals surface area contributed by atoms with Crippen molar-refractivity contribution in [3.63, 3.8) is 0 Å². The number of aromatic nitrogens is 1. The van der Waals surface area contributed by atoms with Crippen LogP contribution in [0.5, 0.6) is 0 Å². The number of furan rings is 1. The Morgan fingerprint density at radius 2 is 2.19 bits per heavy atom. The van der Waals surface area contributed by atoms with E-state index in [0.717, 1.165) is 31.4 Å². The molecule has 1 fully saturated rings. The second kappa shape index (κ2) is 9.32. The fourth-order valence-electron chi connectivity index (χ4n) is 3.43. The van der Waals surface area contributed by atoms with Crippen LogP contribution in [-0.4, -0.2) is 54.4 Å². The maximum atomic E-state index is 12.5. The van der Waals surface area contributed by atoms with Gasteiger partial charge in [0.25, 0.3) is 5.91 Å². The molecule has 27 heavy (non-hydrogen) atoms. The Bertz CT molecular complexity index is 733. The van der Waals surface area contributed by atoms with Gasteiger partial charge in [0.2, 0.25) is 5.91 Å². The molecule has 0 aliphatic carbocycles. The molecule has 2 N–H and O–H groups in total. The number of carbonyl (C=O) groups excluding carboxylic acids is 2. The number of nitrogens with one attached hydrogen (secondary N) is 2. The summed E-state index contributed by atoms with van der Waals surface area (Å²) >= 11 is 0. The zero-order chi connectivity index (χ0) is 19.1. The highest BCUT2D eigenvalue weighted by atomic mass is 16.3. The van der Waals surface area contributed by atoms with Gasteiger partial charge in [-0.05, 0) is 44.0 Å². The molecule has 0 spiro atoms. The number of nitrogens with zero attached hydrogens (tertiary/aromatic N) is 2. The van der Waals surface area contributed by atoms with Gasteiger partial charge in [-0.15, -0.1) is 0 Å². The molecule has 0 saturated carbocycles. The van der Waals surface area contributed by atoms with Crippen molar-refractivity contribution in [3.8, 4) is 0 Å². The topological polar surface area (TPSA) is 87.5 Å². The van der Waals surface area contributed by atoms with Crippen LogP contribution in [0.3, 0.4) is 0 Å². The van der Waals surface area contributed by atoms with Crippen molar-refractivity contribution in [2.24, 2.45) is 5.92 Å². The average Bonchev–Trinajstić information content (AvgIpc) is 3.14. The van der Waals surface area contributed by atoms with Crippen LogP contribution >= 0.6 is 0 Å². The zero-order valence-electron chi connectivity index (χ0n) is 15.6. The number of hydrogen-bond donors (Lipinski definition) is 2. The van der Waals surface area contributed by atoms with E-state index in [1.807, 2.05) is 25.4 Å². The SMILES string of the molecule is CN1C[C@@H](NC(=O)c2ccoc2)CC[C@@H](C(=O)NCCc2cccnc2)C1. The molecule has 0 aromatic carbocycles. The Morgan fingerprint density at radius 1 is 1.30 bits per heavy atom. The Balaban J connectivity index is 1.46. The summed E-state index contributed by atoms with van der Waals surface area (Å²) in [5, 5.41) is 6.07. The van der Waals surface area contributed by atoms with Gasteiger partial charge < -0.3 is 20.0 Å². The Labute approximate surface area is 159 Å². The summed E-state index contributed by atoms with van der Waals surface area (Å²) in [6.45, 7) is 2.02. The molecule has 1 aliphatic rings. The van der Waals surface area contributed by atoms with E-state index < -0.39 is 0 Å². The summed E-state index contributed by atoms with van der Waals surface area (Å²) in [5.41, 5.74) is 1.63. The molecule has 0 bridgehead atoms. The Morgan fingerprint density at radius 3 is 2.93 bits per heavy atom. The lowest BCUT2D eigenvalue weighted by atomic mass is 10.0. The van der Waals surface area contributed by atoms with Crippen LogP contribution in [0, 0.1) is 5.92 Å². The standard InChI is InChI=1S/C20H26N4O3/c1-24-12-16(19(25)22-9-6-15-3-2-8-21-11-15)4-5-18(13-24)23-20(26)17-7-10-27-14-17/h2-3,7-8,10-11,14,16,18H,4-6,9,12-13H2,1H3,(H,22,25)(H,23,26)/t16-,18+/m1/s1. The number of amides is 2. The molecule has 3 rings (SSSR count). The first-order chi connectivity index (χ1) is 13.1. The minimum absolute atomic E-state index is 0.0191. The summed E-state index contributed by atoms with van der Waals surface area (Å²) in [5.74, 6) is -0.131. The first kappa shape index (κ1) is 19.1. The van der Waals surface area contributed by atoms with Crippen LogP contribution in [-0.2, 0) is 11.2 Å². The van der Waals surface area contributed by atoms with Crippen LogP contribution < -0.4 is 10.6 Å². The van der Waals surface area contributed by atoms with E-state index in [-0.39, 0.29) is 23.8 Å². The molecule has 2 aromatic heterocycles. The van der Waals surface area contributed by atoms with E-state index in [1.165, 1.54) is 12.5 Å². The average molecular weight is 370 g/mol. The molecule has 7 nitrogen and oxygen atoms in total. The van der Waals surface area contributed by atoms with Crippen LogP contribution in [0.25, 0.3) is 0 Å². The second-order valence-corrected chi connectivity index (χ2v) is 7.08. The number of rotatable bonds is 6. The largest absolute Gasteiger partial charge is 0.472 e. The third kappa shape index (κ3) is 5.65. The molecule has 2 amide bonds. The second-order valence-electron chi connectivity index (χ2n) is 7.08. The lowest BCUT2D eigenvalue weighted by molar-refractivity contribution is -0.125. The minimum atomic E-state index is -0.137. The lowest BCUT2D eigenvalue weighted by Gasteiger charge is -2.21. The van der Waals surface area contributed by atoms with Crippen molar-refractivity contribution in [1.29, 1.82) is 0 Å². The summed E-state index contributed by atoms with van der Waals surface area (Å²) in [6.07, 6.45) is 8.78. The zero-order valence-corrected chi connectivity index (χ0v) is 15.6. The van der Waals surface area contributed by atoms with Crippen molar-refractivity contribution in [2.75, 3.05) is 26.7 Å². The van der Waals surface area contributed by atoms with Crippen LogP contribution in [0.1, 0.15) is 28.8 Å². The van der Waals surface area contributed by atoms with E-state index >= 15 is 0 Å². The van der Waals surface area contributed by atoms with E-state index in [2.05, 4.69) is 20.5 Å². The fraction of sp³-hybridized carbons (Fsp3) is 0.450. The predicted molar refractivity (Wildman–Crippen MR) is 101 cm³/mol. The summed E-state index contributed by atoms with van der Waals surface area (Å²) in [7, 11) is 1.98. The first-order valence-corrected chi connectivity index (χ1v) is 9.30. The first-order valence-electron chi connectivity index (χ1n) is 9.30. The van der Waals surface area contributed by atoms with Crippen molar-refractivity contribution in [3.05, 3.63) is 54.2 Å². The number of hydrogen-bond acceptors (Lipinski definition) is 5.